The van der Waals surface area contributed by atoms with Gasteiger partial charge in [-0.05, 0) is 25.8 Å². The molecule has 0 saturated carbocycles. The number of rotatable bonds is 4. The van der Waals surface area contributed by atoms with Gasteiger partial charge in [-0.15, -0.1) is 0 Å². The van der Waals surface area contributed by atoms with Gasteiger partial charge in [0.25, 0.3) is 0 Å². The lowest BCUT2D eigenvalue weighted by Crippen LogP contribution is -2.36. The van der Waals surface area contributed by atoms with Crippen LogP contribution in [0.5, 0.6) is 0 Å². The van der Waals surface area contributed by atoms with Gasteiger partial charge in [0.15, 0.2) is 0 Å². The van der Waals surface area contributed by atoms with Gasteiger partial charge in [0.05, 0.1) is 5.60 Å². The van der Waals surface area contributed by atoms with Crippen LogP contribution in [0.4, 0.5) is 0 Å². The van der Waals surface area contributed by atoms with E-state index in [1.807, 2.05) is 12.1 Å². The molecule has 1 unspecified atom stereocenters. The van der Waals surface area contributed by atoms with Crippen molar-refractivity contribution in [2.24, 2.45) is 0 Å². The molecule has 4 heteroatoms. The maximum Gasteiger partial charge on any atom is 0.144 e. The van der Waals surface area contributed by atoms with Gasteiger partial charge < -0.3 is 10.1 Å². The molecule has 1 saturated heterocycles. The summed E-state index contributed by atoms with van der Waals surface area (Å²) in [5.41, 5.74) is 1.39. The average Bonchev–Trinajstić information content (AvgIpc) is 2.77. The van der Waals surface area contributed by atoms with Gasteiger partial charge in [0, 0.05) is 31.5 Å². The predicted molar refractivity (Wildman–Crippen MR) is 64.2 cm³/mol. The van der Waals surface area contributed by atoms with Crippen LogP contribution in [0.1, 0.15) is 31.0 Å². The van der Waals surface area contributed by atoms with Crippen molar-refractivity contribution in [1.29, 1.82) is 5.26 Å². The topological polar surface area (TPSA) is 57.9 Å². The van der Waals surface area contributed by atoms with Gasteiger partial charge in [0.1, 0.15) is 11.8 Å². The van der Waals surface area contributed by atoms with E-state index in [-0.39, 0.29) is 5.60 Å². The zero-order valence-electron chi connectivity index (χ0n) is 10.1. The maximum atomic E-state index is 8.92. The third-order valence-corrected chi connectivity index (χ3v) is 3.11. The van der Waals surface area contributed by atoms with Crippen LogP contribution in [0.15, 0.2) is 18.3 Å². The summed E-state index contributed by atoms with van der Waals surface area (Å²) in [6.07, 6.45) is 3.87. The number of hydrogen-bond acceptors (Lipinski definition) is 4. The van der Waals surface area contributed by atoms with Crippen molar-refractivity contribution in [3.05, 3.63) is 29.6 Å². The number of nitrogens with zero attached hydrogens (tertiary/aromatic N) is 2. The highest BCUT2D eigenvalue weighted by Gasteiger charge is 2.28. The quantitative estimate of drug-likeness (QED) is 0.855. The smallest absolute Gasteiger partial charge is 0.144 e. The zero-order chi connectivity index (χ0) is 12.1. The summed E-state index contributed by atoms with van der Waals surface area (Å²) in [6, 6.07) is 5.88. The lowest BCUT2D eigenvalue weighted by Gasteiger charge is -2.23. The molecule has 1 aromatic heterocycles. The summed E-state index contributed by atoms with van der Waals surface area (Å²) in [6.45, 7) is 4.46. The largest absolute Gasteiger partial charge is 0.374 e. The second-order valence-corrected chi connectivity index (χ2v) is 4.63. The first-order chi connectivity index (χ1) is 8.23. The molecule has 1 aliphatic rings. The Labute approximate surface area is 102 Å². The molecular formula is C13H17N3O. The van der Waals surface area contributed by atoms with Crippen LogP contribution in [-0.2, 0) is 11.3 Å². The number of ether oxygens (including phenoxy) is 1. The number of nitrogens with one attached hydrogen (secondary N) is 1. The summed E-state index contributed by atoms with van der Waals surface area (Å²) in [5.74, 6) is 0. The minimum absolute atomic E-state index is 0.0466. The fraction of sp³-hybridized carbons (Fsp3) is 0.538. The van der Waals surface area contributed by atoms with Crippen molar-refractivity contribution >= 4 is 0 Å². The third-order valence-electron chi connectivity index (χ3n) is 3.11. The molecular weight excluding hydrogens is 214 g/mol. The summed E-state index contributed by atoms with van der Waals surface area (Å²) < 4.78 is 5.69. The fourth-order valence-electron chi connectivity index (χ4n) is 2.12. The third kappa shape index (κ3) is 3.02. The Bertz CT molecular complexity index is 419. The van der Waals surface area contributed by atoms with Crippen molar-refractivity contribution in [2.75, 3.05) is 13.2 Å². The summed E-state index contributed by atoms with van der Waals surface area (Å²) >= 11 is 0. The Morgan fingerprint density at radius 3 is 3.24 bits per heavy atom. The van der Waals surface area contributed by atoms with Crippen LogP contribution in [0.25, 0.3) is 0 Å². The average molecular weight is 231 g/mol. The first-order valence-corrected chi connectivity index (χ1v) is 5.92. The summed E-state index contributed by atoms with van der Waals surface area (Å²) in [5, 5.41) is 12.3. The molecule has 0 radical (unpaired) electrons. The highest BCUT2D eigenvalue weighted by atomic mass is 16.5. The van der Waals surface area contributed by atoms with E-state index in [1.165, 1.54) is 0 Å². The molecule has 0 amide bonds. The lowest BCUT2D eigenvalue weighted by molar-refractivity contribution is 0.0206. The van der Waals surface area contributed by atoms with E-state index in [9.17, 15) is 0 Å². The lowest BCUT2D eigenvalue weighted by atomic mass is 10.0. The molecule has 1 aromatic rings. The van der Waals surface area contributed by atoms with Crippen molar-refractivity contribution in [1.82, 2.24) is 10.3 Å². The highest BCUT2D eigenvalue weighted by Crippen LogP contribution is 2.23. The molecule has 1 atom stereocenters. The Hall–Kier alpha value is -1.44. The maximum absolute atomic E-state index is 8.92. The fourth-order valence-corrected chi connectivity index (χ4v) is 2.12. The standard InChI is InChI=1S/C13H17N3O/c1-13(5-3-7-17-13)10-15-9-11-4-2-6-16-12(11)8-14/h2,4,6,15H,3,5,7,9-10H2,1H3. The molecule has 0 bridgehead atoms. The minimum atomic E-state index is -0.0466. The Morgan fingerprint density at radius 1 is 1.65 bits per heavy atom. The summed E-state index contributed by atoms with van der Waals surface area (Å²) in [4.78, 5) is 4.03. The molecule has 4 nitrogen and oxygen atoms in total. The van der Waals surface area contributed by atoms with Crippen LogP contribution in [0.2, 0.25) is 0 Å². The normalized spacial score (nSPS) is 23.5. The van der Waals surface area contributed by atoms with Gasteiger partial charge >= 0.3 is 0 Å². The second-order valence-electron chi connectivity index (χ2n) is 4.63. The molecule has 2 heterocycles. The van der Waals surface area contributed by atoms with Crippen molar-refractivity contribution in [2.45, 2.75) is 31.9 Å². The Morgan fingerprint density at radius 2 is 2.53 bits per heavy atom. The van der Waals surface area contributed by atoms with Gasteiger partial charge in [-0.1, -0.05) is 6.07 Å². The van der Waals surface area contributed by atoms with E-state index < -0.39 is 0 Å². The van der Waals surface area contributed by atoms with Crippen LogP contribution < -0.4 is 5.32 Å². The van der Waals surface area contributed by atoms with Gasteiger partial charge in [-0.2, -0.15) is 5.26 Å². The van der Waals surface area contributed by atoms with Gasteiger partial charge in [0.2, 0.25) is 0 Å². The van der Waals surface area contributed by atoms with Gasteiger partial charge in [-0.25, -0.2) is 4.98 Å². The molecule has 90 valence electrons. The van der Waals surface area contributed by atoms with Crippen LogP contribution in [-0.4, -0.2) is 23.7 Å². The number of hydrogen-bond donors (Lipinski definition) is 1. The van der Waals surface area contributed by atoms with Crippen molar-refractivity contribution in [3.8, 4) is 6.07 Å². The molecule has 0 aromatic carbocycles. The molecule has 1 N–H and O–H groups in total. The van der Waals surface area contributed by atoms with Crippen molar-refractivity contribution in [3.63, 3.8) is 0 Å². The van der Waals surface area contributed by atoms with E-state index >= 15 is 0 Å². The van der Waals surface area contributed by atoms with E-state index in [0.717, 1.165) is 31.6 Å². The molecule has 0 spiro atoms. The Kier molecular flexibility index (Phi) is 3.72. The van der Waals surface area contributed by atoms with Gasteiger partial charge in [-0.3, -0.25) is 0 Å². The van der Waals surface area contributed by atoms with Crippen LogP contribution in [0, 0.1) is 11.3 Å². The first-order valence-electron chi connectivity index (χ1n) is 5.92. The van der Waals surface area contributed by atoms with Crippen LogP contribution >= 0.6 is 0 Å². The van der Waals surface area contributed by atoms with E-state index in [4.69, 9.17) is 10.00 Å². The molecule has 2 rings (SSSR count). The van der Waals surface area contributed by atoms with E-state index in [1.54, 1.807) is 6.20 Å². The monoisotopic (exact) mass is 231 g/mol. The SMILES string of the molecule is CC1(CNCc2cccnc2C#N)CCCO1. The number of nitriles is 1. The number of pyridine rings is 1. The summed E-state index contributed by atoms with van der Waals surface area (Å²) in [7, 11) is 0. The van der Waals surface area contributed by atoms with E-state index in [0.29, 0.717) is 12.2 Å². The van der Waals surface area contributed by atoms with Crippen LogP contribution in [0.3, 0.4) is 0 Å². The first kappa shape index (κ1) is 12.0. The molecule has 1 aliphatic heterocycles. The van der Waals surface area contributed by atoms with E-state index in [2.05, 4.69) is 23.3 Å². The zero-order valence-corrected chi connectivity index (χ0v) is 10.1. The van der Waals surface area contributed by atoms with Crippen molar-refractivity contribution < 1.29 is 4.74 Å². The number of aromatic nitrogens is 1. The minimum Gasteiger partial charge on any atom is -0.374 e. The highest BCUT2D eigenvalue weighted by molar-refractivity contribution is 5.30. The second kappa shape index (κ2) is 5.26. The molecule has 1 fully saturated rings. The molecule has 17 heavy (non-hydrogen) atoms. The Balaban J connectivity index is 1.88. The molecule has 0 aliphatic carbocycles. The predicted octanol–water partition coefficient (Wildman–Crippen LogP) is 1.61.